The van der Waals surface area contributed by atoms with Crippen LogP contribution in [0.1, 0.15) is 45.4 Å². The molecule has 142 valence electrons. The summed E-state index contributed by atoms with van der Waals surface area (Å²) in [5.41, 5.74) is 6.36. The fourth-order valence-corrected chi connectivity index (χ4v) is 4.28. The van der Waals surface area contributed by atoms with Crippen LogP contribution in [0.25, 0.3) is 0 Å². The van der Waals surface area contributed by atoms with Gasteiger partial charge in [0.25, 0.3) is 0 Å². The zero-order valence-electron chi connectivity index (χ0n) is 15.0. The predicted octanol–water partition coefficient (Wildman–Crippen LogP) is -0.172. The van der Waals surface area contributed by atoms with Crippen molar-refractivity contribution in [3.8, 4) is 0 Å². The van der Waals surface area contributed by atoms with Crippen molar-refractivity contribution in [2.45, 2.75) is 63.7 Å². The molecule has 5 unspecified atom stereocenters. The minimum absolute atomic E-state index is 0.0864. The standard InChI is InChI=1S/C17H31N5O3/c1-2-11-3-4-13(12(9-11)17(24)25)19-16(23)14-5-6-15(21-20-14)22-8-7-18-10-22/h11-15,18,20-21H,2-10H2,1H3,(H,19,23)(H,24,25). The van der Waals surface area contributed by atoms with Gasteiger partial charge in [-0.2, -0.15) is 0 Å². The summed E-state index contributed by atoms with van der Waals surface area (Å²) in [5, 5.41) is 15.8. The van der Waals surface area contributed by atoms with Crippen molar-refractivity contribution in [3.63, 3.8) is 0 Å². The van der Waals surface area contributed by atoms with E-state index in [0.717, 1.165) is 51.9 Å². The van der Waals surface area contributed by atoms with Gasteiger partial charge in [0, 0.05) is 25.8 Å². The maximum atomic E-state index is 12.6. The zero-order valence-corrected chi connectivity index (χ0v) is 15.0. The first kappa shape index (κ1) is 18.6. The Bertz CT molecular complexity index is 475. The van der Waals surface area contributed by atoms with Crippen molar-refractivity contribution < 1.29 is 14.7 Å². The Morgan fingerprint density at radius 3 is 2.64 bits per heavy atom. The summed E-state index contributed by atoms with van der Waals surface area (Å²) in [7, 11) is 0. The molecule has 2 saturated heterocycles. The summed E-state index contributed by atoms with van der Waals surface area (Å²) >= 11 is 0. The molecule has 1 aliphatic carbocycles. The van der Waals surface area contributed by atoms with E-state index in [4.69, 9.17) is 0 Å². The molecule has 1 amide bonds. The summed E-state index contributed by atoms with van der Waals surface area (Å²) in [6, 6.07) is -0.555. The zero-order chi connectivity index (χ0) is 17.8. The van der Waals surface area contributed by atoms with Gasteiger partial charge in [-0.1, -0.05) is 13.3 Å². The molecular weight excluding hydrogens is 322 g/mol. The van der Waals surface area contributed by atoms with Gasteiger partial charge in [0.15, 0.2) is 0 Å². The summed E-state index contributed by atoms with van der Waals surface area (Å²) in [4.78, 5) is 26.5. The molecule has 3 fully saturated rings. The molecule has 0 radical (unpaired) electrons. The average Bonchev–Trinajstić information content (AvgIpc) is 3.16. The van der Waals surface area contributed by atoms with Gasteiger partial charge in [0.05, 0.1) is 12.1 Å². The molecule has 0 aromatic carbocycles. The Morgan fingerprint density at radius 1 is 1.20 bits per heavy atom. The molecule has 2 aliphatic heterocycles. The first-order valence-electron chi connectivity index (χ1n) is 9.57. The first-order chi connectivity index (χ1) is 12.1. The maximum Gasteiger partial charge on any atom is 0.308 e. The second-order valence-corrected chi connectivity index (χ2v) is 7.55. The lowest BCUT2D eigenvalue weighted by atomic mass is 9.77. The van der Waals surface area contributed by atoms with Crippen LogP contribution in [0, 0.1) is 11.8 Å². The minimum atomic E-state index is -0.792. The van der Waals surface area contributed by atoms with Crippen LogP contribution in [0.15, 0.2) is 0 Å². The van der Waals surface area contributed by atoms with Gasteiger partial charge in [-0.25, -0.2) is 10.9 Å². The topological polar surface area (TPSA) is 106 Å². The van der Waals surface area contributed by atoms with Crippen molar-refractivity contribution in [1.29, 1.82) is 0 Å². The quantitative estimate of drug-likeness (QED) is 0.467. The fourth-order valence-electron chi connectivity index (χ4n) is 4.28. The van der Waals surface area contributed by atoms with E-state index in [1.807, 2.05) is 0 Å². The molecule has 8 nitrogen and oxygen atoms in total. The van der Waals surface area contributed by atoms with Gasteiger partial charge < -0.3 is 15.7 Å². The SMILES string of the molecule is CCC1CCC(NC(=O)C2CCC(N3CCNC3)NN2)C(C(=O)O)C1. The fraction of sp³-hybridized carbons (Fsp3) is 0.882. The van der Waals surface area contributed by atoms with Crippen molar-refractivity contribution in [3.05, 3.63) is 0 Å². The number of carbonyl (C=O) groups is 2. The van der Waals surface area contributed by atoms with Crippen molar-refractivity contribution in [2.24, 2.45) is 11.8 Å². The molecular formula is C17H31N5O3. The Labute approximate surface area is 149 Å². The lowest BCUT2D eigenvalue weighted by Crippen LogP contribution is -2.62. The first-order valence-corrected chi connectivity index (χ1v) is 9.57. The van der Waals surface area contributed by atoms with Gasteiger partial charge in [0.1, 0.15) is 6.04 Å². The van der Waals surface area contributed by atoms with E-state index in [2.05, 4.69) is 33.3 Å². The van der Waals surface area contributed by atoms with Crippen LogP contribution in [0.5, 0.6) is 0 Å². The third-order valence-electron chi connectivity index (χ3n) is 5.98. The van der Waals surface area contributed by atoms with Gasteiger partial charge in [0.2, 0.25) is 5.91 Å². The molecule has 3 rings (SSSR count). The Kier molecular flexibility index (Phi) is 6.27. The van der Waals surface area contributed by atoms with Gasteiger partial charge in [-0.05, 0) is 38.0 Å². The maximum absolute atomic E-state index is 12.6. The molecule has 0 bridgehead atoms. The highest BCUT2D eigenvalue weighted by atomic mass is 16.4. The summed E-state index contributed by atoms with van der Waals surface area (Å²) in [5.74, 6) is -0.891. The predicted molar refractivity (Wildman–Crippen MR) is 93.3 cm³/mol. The number of carboxylic acid groups (broad SMARTS) is 1. The second-order valence-electron chi connectivity index (χ2n) is 7.55. The van der Waals surface area contributed by atoms with Crippen LogP contribution in [0.4, 0.5) is 0 Å². The number of carbonyl (C=O) groups excluding carboxylic acids is 1. The highest BCUT2D eigenvalue weighted by molar-refractivity contribution is 5.83. The third kappa shape index (κ3) is 4.49. The van der Waals surface area contributed by atoms with Crippen molar-refractivity contribution >= 4 is 11.9 Å². The molecule has 1 saturated carbocycles. The van der Waals surface area contributed by atoms with E-state index in [1.54, 1.807) is 0 Å². The molecule has 5 N–H and O–H groups in total. The molecule has 5 atom stereocenters. The highest BCUT2D eigenvalue weighted by Crippen LogP contribution is 2.31. The van der Waals surface area contributed by atoms with Crippen LogP contribution in [0.2, 0.25) is 0 Å². The monoisotopic (exact) mass is 353 g/mol. The van der Waals surface area contributed by atoms with E-state index in [-0.39, 0.29) is 24.2 Å². The van der Waals surface area contributed by atoms with Crippen LogP contribution in [0.3, 0.4) is 0 Å². The molecule has 2 heterocycles. The van der Waals surface area contributed by atoms with Crippen molar-refractivity contribution in [1.82, 2.24) is 26.4 Å². The van der Waals surface area contributed by atoms with Crippen LogP contribution < -0.4 is 21.5 Å². The molecule has 3 aliphatic rings. The van der Waals surface area contributed by atoms with E-state index in [9.17, 15) is 14.7 Å². The van der Waals surface area contributed by atoms with Gasteiger partial charge >= 0.3 is 5.97 Å². The largest absolute Gasteiger partial charge is 0.481 e. The van der Waals surface area contributed by atoms with Crippen LogP contribution in [-0.4, -0.2) is 59.9 Å². The summed E-state index contributed by atoms with van der Waals surface area (Å²) in [6.07, 6.45) is 5.31. The molecule has 25 heavy (non-hydrogen) atoms. The molecule has 0 aromatic rings. The minimum Gasteiger partial charge on any atom is -0.481 e. The number of nitrogens with one attached hydrogen (secondary N) is 4. The van der Waals surface area contributed by atoms with Gasteiger partial charge in [-0.3, -0.25) is 14.5 Å². The number of rotatable bonds is 5. The third-order valence-corrected chi connectivity index (χ3v) is 5.98. The smallest absolute Gasteiger partial charge is 0.308 e. The number of hydrogen-bond acceptors (Lipinski definition) is 6. The summed E-state index contributed by atoms with van der Waals surface area (Å²) in [6.45, 7) is 4.99. The number of carboxylic acids is 1. The lowest BCUT2D eigenvalue weighted by molar-refractivity contribution is -0.145. The lowest BCUT2D eigenvalue weighted by Gasteiger charge is -2.37. The van der Waals surface area contributed by atoms with Crippen LogP contribution in [-0.2, 0) is 9.59 Å². The number of nitrogens with zero attached hydrogens (tertiary/aromatic N) is 1. The van der Waals surface area contributed by atoms with Gasteiger partial charge in [-0.15, -0.1) is 0 Å². The van der Waals surface area contributed by atoms with Crippen LogP contribution >= 0.6 is 0 Å². The number of amides is 1. The number of hydrogen-bond donors (Lipinski definition) is 5. The normalized spacial score (nSPS) is 36.9. The molecule has 0 aromatic heterocycles. The average molecular weight is 353 g/mol. The molecule has 0 spiro atoms. The van der Waals surface area contributed by atoms with E-state index in [1.165, 1.54) is 0 Å². The second kappa shape index (κ2) is 8.44. The number of aliphatic carboxylic acids is 1. The van der Waals surface area contributed by atoms with Crippen molar-refractivity contribution in [2.75, 3.05) is 19.8 Å². The van der Waals surface area contributed by atoms with E-state index < -0.39 is 11.9 Å². The Hall–Kier alpha value is -1.22. The summed E-state index contributed by atoms with van der Waals surface area (Å²) < 4.78 is 0. The Morgan fingerprint density at radius 2 is 2.04 bits per heavy atom. The van der Waals surface area contributed by atoms with E-state index in [0.29, 0.717) is 12.3 Å². The molecule has 8 heteroatoms. The Balaban J connectivity index is 1.49. The highest BCUT2D eigenvalue weighted by Gasteiger charge is 2.37. The van der Waals surface area contributed by atoms with E-state index >= 15 is 0 Å². The number of hydrazine groups is 1.